The summed E-state index contributed by atoms with van der Waals surface area (Å²) in [6.45, 7) is 3.22. The quantitative estimate of drug-likeness (QED) is 0.910. The number of halogens is 2. The Labute approximate surface area is 112 Å². The highest BCUT2D eigenvalue weighted by Gasteiger charge is 2.29. The highest BCUT2D eigenvalue weighted by molar-refractivity contribution is 5.22. The molecule has 106 valence electrons. The van der Waals surface area contributed by atoms with Gasteiger partial charge in [-0.25, -0.2) is 8.78 Å². The molecule has 1 aromatic rings. The van der Waals surface area contributed by atoms with Crippen LogP contribution in [0.25, 0.3) is 0 Å². The van der Waals surface area contributed by atoms with Gasteiger partial charge in [0.05, 0.1) is 6.10 Å². The summed E-state index contributed by atoms with van der Waals surface area (Å²) in [4.78, 5) is 2.06. The van der Waals surface area contributed by atoms with Gasteiger partial charge in [0.2, 0.25) is 0 Å². The molecular weight excluding hydrogens is 250 g/mol. The highest BCUT2D eigenvalue weighted by atomic mass is 19.2. The molecule has 0 radical (unpaired) electrons. The van der Waals surface area contributed by atoms with Gasteiger partial charge in [0.1, 0.15) is 0 Å². The molecule has 1 heterocycles. The summed E-state index contributed by atoms with van der Waals surface area (Å²) in [6.07, 6.45) is 1.09. The molecule has 19 heavy (non-hydrogen) atoms. The van der Waals surface area contributed by atoms with Gasteiger partial charge in [-0.15, -0.1) is 0 Å². The van der Waals surface area contributed by atoms with Gasteiger partial charge in [0.25, 0.3) is 0 Å². The number of hydrogen-bond donors (Lipinski definition) is 1. The second kappa shape index (κ2) is 5.94. The number of likely N-dealkylation sites (N-methyl/N-ethyl adjacent to an activating group) is 1. The summed E-state index contributed by atoms with van der Waals surface area (Å²) in [5, 5.41) is 0. The summed E-state index contributed by atoms with van der Waals surface area (Å²) in [5.74, 6) is -1.70. The lowest BCUT2D eigenvalue weighted by Crippen LogP contribution is -2.41. The fourth-order valence-electron chi connectivity index (χ4n) is 2.65. The molecule has 0 bridgehead atoms. The van der Waals surface area contributed by atoms with E-state index in [0.717, 1.165) is 19.1 Å². The van der Waals surface area contributed by atoms with Gasteiger partial charge in [-0.1, -0.05) is 12.1 Å². The standard InChI is InChI=1S/C14H20F2N2O/c1-9-13(6-7-19-9)18(2)8-12(17)10-4-3-5-11(15)14(10)16/h3-5,9,12-13H,6-8,17H2,1-2H3. The maximum Gasteiger partial charge on any atom is 0.163 e. The molecule has 1 aliphatic heterocycles. The molecule has 1 fully saturated rings. The molecule has 1 aromatic carbocycles. The van der Waals surface area contributed by atoms with E-state index in [1.165, 1.54) is 12.1 Å². The molecule has 3 nitrogen and oxygen atoms in total. The van der Waals surface area contributed by atoms with Crippen LogP contribution in [0.15, 0.2) is 18.2 Å². The van der Waals surface area contributed by atoms with E-state index in [0.29, 0.717) is 6.54 Å². The Bertz CT molecular complexity index is 441. The summed E-state index contributed by atoms with van der Waals surface area (Å²) in [7, 11) is 1.94. The zero-order valence-electron chi connectivity index (χ0n) is 11.3. The first-order chi connectivity index (χ1) is 9.00. The minimum atomic E-state index is -0.854. The fourth-order valence-corrected chi connectivity index (χ4v) is 2.65. The van der Waals surface area contributed by atoms with Gasteiger partial charge >= 0.3 is 0 Å². The molecule has 2 rings (SSSR count). The number of nitrogens with two attached hydrogens (primary N) is 1. The predicted molar refractivity (Wildman–Crippen MR) is 69.7 cm³/mol. The minimum absolute atomic E-state index is 0.148. The second-order valence-electron chi connectivity index (χ2n) is 5.12. The lowest BCUT2D eigenvalue weighted by molar-refractivity contribution is 0.0816. The van der Waals surface area contributed by atoms with Gasteiger partial charge in [-0.3, -0.25) is 4.90 Å². The minimum Gasteiger partial charge on any atom is -0.377 e. The molecule has 0 aromatic heterocycles. The highest BCUT2D eigenvalue weighted by Crippen LogP contribution is 2.22. The first-order valence-electron chi connectivity index (χ1n) is 6.52. The third-order valence-electron chi connectivity index (χ3n) is 3.77. The maximum atomic E-state index is 13.7. The Hall–Kier alpha value is -1.04. The molecule has 3 atom stereocenters. The number of ether oxygens (including phenoxy) is 1. The molecule has 2 N–H and O–H groups in total. The van der Waals surface area contributed by atoms with Crippen molar-refractivity contribution in [1.82, 2.24) is 4.90 Å². The van der Waals surface area contributed by atoms with E-state index in [1.54, 1.807) is 0 Å². The van der Waals surface area contributed by atoms with Crippen molar-refractivity contribution in [2.45, 2.75) is 31.5 Å². The van der Waals surface area contributed by atoms with Gasteiger partial charge in [-0.2, -0.15) is 0 Å². The van der Waals surface area contributed by atoms with E-state index in [4.69, 9.17) is 10.5 Å². The monoisotopic (exact) mass is 270 g/mol. The van der Waals surface area contributed by atoms with E-state index in [-0.39, 0.29) is 17.7 Å². The van der Waals surface area contributed by atoms with Crippen LogP contribution in [0, 0.1) is 11.6 Å². The van der Waals surface area contributed by atoms with Crippen LogP contribution in [0.3, 0.4) is 0 Å². The van der Waals surface area contributed by atoms with Crippen LogP contribution in [0.1, 0.15) is 24.9 Å². The van der Waals surface area contributed by atoms with Crippen molar-refractivity contribution < 1.29 is 13.5 Å². The molecule has 0 saturated carbocycles. The Kier molecular flexibility index (Phi) is 4.50. The van der Waals surface area contributed by atoms with Crippen molar-refractivity contribution in [3.05, 3.63) is 35.4 Å². The number of hydrogen-bond acceptors (Lipinski definition) is 3. The third-order valence-corrected chi connectivity index (χ3v) is 3.77. The maximum absolute atomic E-state index is 13.7. The SMILES string of the molecule is CC1OCCC1N(C)CC(N)c1cccc(F)c1F. The summed E-state index contributed by atoms with van der Waals surface area (Å²) in [6, 6.07) is 3.85. The molecular formula is C14H20F2N2O. The topological polar surface area (TPSA) is 38.5 Å². The Morgan fingerprint density at radius 2 is 2.21 bits per heavy atom. The summed E-state index contributed by atoms with van der Waals surface area (Å²) in [5.41, 5.74) is 6.21. The van der Waals surface area contributed by atoms with Gasteiger partial charge in [0.15, 0.2) is 11.6 Å². The van der Waals surface area contributed by atoms with Gasteiger partial charge in [-0.05, 0) is 26.5 Å². The van der Waals surface area contributed by atoms with Crippen LogP contribution < -0.4 is 5.73 Å². The molecule has 5 heteroatoms. The molecule has 1 saturated heterocycles. The number of nitrogens with zero attached hydrogens (tertiary/aromatic N) is 1. The third kappa shape index (κ3) is 3.11. The van der Waals surface area contributed by atoms with Crippen LogP contribution in [0.4, 0.5) is 8.78 Å². The van der Waals surface area contributed by atoms with Crippen molar-refractivity contribution in [1.29, 1.82) is 0 Å². The van der Waals surface area contributed by atoms with E-state index in [2.05, 4.69) is 4.90 Å². The van der Waals surface area contributed by atoms with Crippen LogP contribution >= 0.6 is 0 Å². The smallest absolute Gasteiger partial charge is 0.163 e. The number of rotatable bonds is 4. The molecule has 1 aliphatic rings. The normalized spacial score (nSPS) is 24.9. The molecule has 0 spiro atoms. The average molecular weight is 270 g/mol. The molecule has 0 aliphatic carbocycles. The molecule has 0 amide bonds. The zero-order chi connectivity index (χ0) is 14.0. The summed E-state index contributed by atoms with van der Waals surface area (Å²) >= 11 is 0. The van der Waals surface area contributed by atoms with E-state index in [1.807, 2.05) is 14.0 Å². The van der Waals surface area contributed by atoms with E-state index >= 15 is 0 Å². The van der Waals surface area contributed by atoms with Crippen LogP contribution in [0.2, 0.25) is 0 Å². The predicted octanol–water partition coefficient (Wildman–Crippen LogP) is 2.07. The second-order valence-corrected chi connectivity index (χ2v) is 5.12. The fraction of sp³-hybridized carbons (Fsp3) is 0.571. The summed E-state index contributed by atoms with van der Waals surface area (Å²) < 4.78 is 32.3. The Morgan fingerprint density at radius 1 is 1.47 bits per heavy atom. The Morgan fingerprint density at radius 3 is 2.84 bits per heavy atom. The van der Waals surface area contributed by atoms with Gasteiger partial charge < -0.3 is 10.5 Å². The van der Waals surface area contributed by atoms with E-state index in [9.17, 15) is 8.78 Å². The van der Waals surface area contributed by atoms with E-state index < -0.39 is 17.7 Å². The van der Waals surface area contributed by atoms with Crippen molar-refractivity contribution >= 4 is 0 Å². The van der Waals surface area contributed by atoms with Crippen molar-refractivity contribution in [2.75, 3.05) is 20.2 Å². The van der Waals surface area contributed by atoms with Crippen molar-refractivity contribution in [2.24, 2.45) is 5.73 Å². The van der Waals surface area contributed by atoms with Crippen LogP contribution in [-0.2, 0) is 4.74 Å². The lowest BCUT2D eigenvalue weighted by atomic mass is 10.0. The lowest BCUT2D eigenvalue weighted by Gasteiger charge is -2.29. The zero-order valence-corrected chi connectivity index (χ0v) is 11.3. The van der Waals surface area contributed by atoms with Crippen LogP contribution in [-0.4, -0.2) is 37.2 Å². The van der Waals surface area contributed by atoms with Gasteiger partial charge in [0, 0.05) is 30.8 Å². The van der Waals surface area contributed by atoms with Crippen LogP contribution in [0.5, 0.6) is 0 Å². The average Bonchev–Trinajstić information content (AvgIpc) is 2.79. The van der Waals surface area contributed by atoms with Crippen molar-refractivity contribution in [3.8, 4) is 0 Å². The Balaban J connectivity index is 2.04. The van der Waals surface area contributed by atoms with Crippen molar-refractivity contribution in [3.63, 3.8) is 0 Å². The number of benzene rings is 1. The first kappa shape index (κ1) is 14.4. The molecule has 3 unspecified atom stereocenters. The first-order valence-corrected chi connectivity index (χ1v) is 6.52. The largest absolute Gasteiger partial charge is 0.377 e.